The van der Waals surface area contributed by atoms with E-state index in [1.807, 2.05) is 0 Å². The zero-order valence-corrected chi connectivity index (χ0v) is 13.3. The fourth-order valence-corrected chi connectivity index (χ4v) is 2.23. The Labute approximate surface area is 138 Å². The van der Waals surface area contributed by atoms with Gasteiger partial charge in [-0.3, -0.25) is 19.7 Å². The number of hydrogen-bond donors (Lipinski definition) is 2. The minimum absolute atomic E-state index is 0.0226. The van der Waals surface area contributed by atoms with E-state index >= 15 is 0 Å². The molecule has 0 radical (unpaired) electrons. The molecule has 0 bridgehead atoms. The summed E-state index contributed by atoms with van der Waals surface area (Å²) in [5.74, 6) is -1.01. The third-order valence-electron chi connectivity index (χ3n) is 3.22. The van der Waals surface area contributed by atoms with E-state index in [4.69, 9.17) is 16.7 Å². The molecule has 0 unspecified atom stereocenters. The summed E-state index contributed by atoms with van der Waals surface area (Å²) in [6.45, 7) is 0. The predicted octanol–water partition coefficient (Wildman–Crippen LogP) is 4.00. The molecule has 0 spiro atoms. The van der Waals surface area contributed by atoms with Crippen molar-refractivity contribution in [3.8, 4) is 0 Å². The Morgan fingerprint density at radius 2 is 1.74 bits per heavy atom. The van der Waals surface area contributed by atoms with Gasteiger partial charge in [-0.25, -0.2) is 0 Å². The molecule has 1 amide bonds. The van der Waals surface area contributed by atoms with Gasteiger partial charge in [0.1, 0.15) is 5.02 Å². The van der Waals surface area contributed by atoms with Gasteiger partial charge in [-0.1, -0.05) is 30.9 Å². The fourth-order valence-electron chi connectivity index (χ4n) is 2.05. The van der Waals surface area contributed by atoms with Crippen LogP contribution in [-0.4, -0.2) is 21.9 Å². The Morgan fingerprint density at radius 3 is 2.35 bits per heavy atom. The molecule has 0 aliphatic heterocycles. The number of carbonyl (C=O) groups is 2. The monoisotopic (exact) mass is 342 g/mol. The Kier molecular flexibility index (Phi) is 8.04. The number of amides is 1. The molecule has 0 aliphatic rings. The van der Waals surface area contributed by atoms with Gasteiger partial charge in [-0.15, -0.1) is 0 Å². The summed E-state index contributed by atoms with van der Waals surface area (Å²) in [6.07, 6.45) is 4.38. The van der Waals surface area contributed by atoms with E-state index in [1.165, 1.54) is 18.2 Å². The lowest BCUT2D eigenvalue weighted by molar-refractivity contribution is -0.384. The predicted molar refractivity (Wildman–Crippen MR) is 86.7 cm³/mol. The number of nitro benzene ring substituents is 1. The molecule has 0 aliphatic carbocycles. The van der Waals surface area contributed by atoms with Gasteiger partial charge in [0.25, 0.3) is 5.69 Å². The van der Waals surface area contributed by atoms with Crippen molar-refractivity contribution in [1.82, 2.24) is 0 Å². The van der Waals surface area contributed by atoms with Crippen LogP contribution in [0.2, 0.25) is 5.02 Å². The van der Waals surface area contributed by atoms with Crippen LogP contribution in [0.3, 0.4) is 0 Å². The van der Waals surface area contributed by atoms with Crippen LogP contribution in [0.25, 0.3) is 0 Å². The first-order valence-corrected chi connectivity index (χ1v) is 7.73. The summed E-state index contributed by atoms with van der Waals surface area (Å²) >= 11 is 5.70. The SMILES string of the molecule is O=C(O)CCCCCCCC(=O)Nc1ccc(Cl)c([N+](=O)[O-])c1. The highest BCUT2D eigenvalue weighted by Gasteiger charge is 2.13. The molecular formula is C15H19ClN2O5. The molecule has 1 aromatic carbocycles. The van der Waals surface area contributed by atoms with Crippen LogP contribution in [0.5, 0.6) is 0 Å². The summed E-state index contributed by atoms with van der Waals surface area (Å²) in [5, 5.41) is 21.9. The molecule has 0 fully saturated rings. The van der Waals surface area contributed by atoms with Crippen LogP contribution in [0.1, 0.15) is 44.9 Å². The number of nitro groups is 1. The Morgan fingerprint density at radius 1 is 1.13 bits per heavy atom. The highest BCUT2D eigenvalue weighted by Crippen LogP contribution is 2.27. The number of carbonyl (C=O) groups excluding carboxylic acids is 1. The van der Waals surface area contributed by atoms with E-state index in [2.05, 4.69) is 5.32 Å². The van der Waals surface area contributed by atoms with E-state index in [9.17, 15) is 19.7 Å². The number of aliphatic carboxylic acids is 1. The molecule has 0 aromatic heterocycles. The van der Waals surface area contributed by atoms with Crippen molar-refractivity contribution in [2.45, 2.75) is 44.9 Å². The summed E-state index contributed by atoms with van der Waals surface area (Å²) in [6, 6.07) is 4.11. The molecule has 0 heterocycles. The number of halogens is 1. The minimum atomic E-state index is -0.790. The average molecular weight is 343 g/mol. The van der Waals surface area contributed by atoms with Gasteiger partial charge >= 0.3 is 5.97 Å². The maximum Gasteiger partial charge on any atom is 0.303 e. The highest BCUT2D eigenvalue weighted by atomic mass is 35.5. The molecule has 23 heavy (non-hydrogen) atoms. The zero-order chi connectivity index (χ0) is 17.2. The smallest absolute Gasteiger partial charge is 0.303 e. The Bertz CT molecular complexity index is 577. The van der Waals surface area contributed by atoms with Crippen molar-refractivity contribution < 1.29 is 19.6 Å². The van der Waals surface area contributed by atoms with Crippen LogP contribution in [-0.2, 0) is 9.59 Å². The fraction of sp³-hybridized carbons (Fsp3) is 0.467. The Balaban J connectivity index is 2.28. The van der Waals surface area contributed by atoms with Gasteiger partial charge < -0.3 is 10.4 Å². The lowest BCUT2D eigenvalue weighted by atomic mass is 10.1. The van der Waals surface area contributed by atoms with Crippen LogP contribution in [0.15, 0.2) is 18.2 Å². The topological polar surface area (TPSA) is 110 Å². The second kappa shape index (κ2) is 9.78. The second-order valence-electron chi connectivity index (χ2n) is 5.13. The van der Waals surface area contributed by atoms with Crippen LogP contribution in [0, 0.1) is 10.1 Å². The van der Waals surface area contributed by atoms with E-state index in [0.29, 0.717) is 24.9 Å². The Hall–Kier alpha value is -2.15. The van der Waals surface area contributed by atoms with Gasteiger partial charge in [0.15, 0.2) is 0 Å². The normalized spacial score (nSPS) is 10.3. The lowest BCUT2D eigenvalue weighted by Gasteiger charge is -2.06. The molecule has 8 heteroatoms. The molecule has 126 valence electrons. The summed E-state index contributed by atoms with van der Waals surface area (Å²) in [5.41, 5.74) is 0.0930. The molecule has 0 saturated carbocycles. The maximum atomic E-state index is 11.8. The molecule has 2 N–H and O–H groups in total. The third kappa shape index (κ3) is 7.60. The molecule has 1 rings (SSSR count). The quantitative estimate of drug-likeness (QED) is 0.379. The number of nitrogens with one attached hydrogen (secondary N) is 1. The second-order valence-corrected chi connectivity index (χ2v) is 5.54. The van der Waals surface area contributed by atoms with E-state index in [0.717, 1.165) is 19.3 Å². The van der Waals surface area contributed by atoms with Gasteiger partial charge in [0, 0.05) is 24.6 Å². The highest BCUT2D eigenvalue weighted by molar-refractivity contribution is 6.32. The third-order valence-corrected chi connectivity index (χ3v) is 3.54. The number of unbranched alkanes of at least 4 members (excludes halogenated alkanes) is 4. The van der Waals surface area contributed by atoms with Crippen molar-refractivity contribution in [1.29, 1.82) is 0 Å². The van der Waals surface area contributed by atoms with Crippen LogP contribution in [0.4, 0.5) is 11.4 Å². The zero-order valence-electron chi connectivity index (χ0n) is 12.6. The van der Waals surface area contributed by atoms with E-state index < -0.39 is 10.9 Å². The standard InChI is InChI=1S/C15H19ClN2O5/c16-12-9-8-11(10-13(12)18(22)23)17-14(19)6-4-2-1-3-5-7-15(20)21/h8-10H,1-7H2,(H,17,19)(H,20,21). The number of carboxylic acids is 1. The van der Waals surface area contributed by atoms with Crippen molar-refractivity contribution in [2.75, 3.05) is 5.32 Å². The maximum absolute atomic E-state index is 11.8. The summed E-state index contributed by atoms with van der Waals surface area (Å²) < 4.78 is 0. The molecule has 1 aromatic rings. The molecular weight excluding hydrogens is 324 g/mol. The molecule has 0 saturated heterocycles. The molecule has 7 nitrogen and oxygen atoms in total. The molecule has 0 atom stereocenters. The van der Waals surface area contributed by atoms with E-state index in [-0.39, 0.29) is 23.0 Å². The lowest BCUT2D eigenvalue weighted by Crippen LogP contribution is -2.11. The van der Waals surface area contributed by atoms with Crippen molar-refractivity contribution in [3.05, 3.63) is 33.3 Å². The van der Waals surface area contributed by atoms with Gasteiger partial charge in [-0.05, 0) is 25.0 Å². The first kappa shape index (κ1) is 18.9. The number of nitrogens with zero attached hydrogens (tertiary/aromatic N) is 1. The minimum Gasteiger partial charge on any atom is -0.481 e. The van der Waals surface area contributed by atoms with Gasteiger partial charge in [-0.2, -0.15) is 0 Å². The van der Waals surface area contributed by atoms with Crippen molar-refractivity contribution >= 4 is 34.9 Å². The van der Waals surface area contributed by atoms with E-state index in [1.54, 1.807) is 0 Å². The number of carboxylic acid groups (broad SMARTS) is 1. The first-order valence-electron chi connectivity index (χ1n) is 7.35. The summed E-state index contributed by atoms with van der Waals surface area (Å²) in [7, 11) is 0. The van der Waals surface area contributed by atoms with Crippen LogP contribution >= 0.6 is 11.6 Å². The number of benzene rings is 1. The number of anilines is 1. The van der Waals surface area contributed by atoms with Crippen molar-refractivity contribution in [2.24, 2.45) is 0 Å². The van der Waals surface area contributed by atoms with Gasteiger partial charge in [0.2, 0.25) is 5.91 Å². The largest absolute Gasteiger partial charge is 0.481 e. The first-order chi connectivity index (χ1) is 10.9. The van der Waals surface area contributed by atoms with Gasteiger partial charge in [0.05, 0.1) is 4.92 Å². The summed E-state index contributed by atoms with van der Waals surface area (Å²) in [4.78, 5) is 32.3. The van der Waals surface area contributed by atoms with Crippen molar-refractivity contribution in [3.63, 3.8) is 0 Å². The average Bonchev–Trinajstić information content (AvgIpc) is 2.47. The van der Waals surface area contributed by atoms with Crippen LogP contribution < -0.4 is 5.32 Å². The number of rotatable bonds is 10. The number of hydrogen-bond acceptors (Lipinski definition) is 4.